The molecule has 4 heteroatoms. The lowest BCUT2D eigenvalue weighted by molar-refractivity contribution is -0.116. The van der Waals surface area contributed by atoms with Gasteiger partial charge in [0.15, 0.2) is 0 Å². The van der Waals surface area contributed by atoms with Crippen molar-refractivity contribution in [2.45, 2.75) is 26.3 Å². The molecule has 0 bridgehead atoms. The molecular formula is C16H20N2OS. The third-order valence-electron chi connectivity index (χ3n) is 3.03. The normalized spacial score (nSPS) is 12.1. The van der Waals surface area contributed by atoms with Crippen LogP contribution < -0.4 is 10.6 Å². The minimum Gasteiger partial charge on any atom is -0.325 e. The van der Waals surface area contributed by atoms with Gasteiger partial charge < -0.3 is 10.6 Å². The van der Waals surface area contributed by atoms with Gasteiger partial charge in [-0.05, 0) is 31.0 Å². The van der Waals surface area contributed by atoms with Crippen LogP contribution in [0.25, 0.3) is 10.4 Å². The lowest BCUT2D eigenvalue weighted by Crippen LogP contribution is -2.30. The minimum atomic E-state index is 0.0439. The van der Waals surface area contributed by atoms with E-state index in [1.54, 1.807) is 11.3 Å². The van der Waals surface area contributed by atoms with Crippen molar-refractivity contribution in [3.05, 3.63) is 41.8 Å². The first-order chi connectivity index (χ1) is 9.70. The summed E-state index contributed by atoms with van der Waals surface area (Å²) < 4.78 is 0. The first kappa shape index (κ1) is 14.8. The highest BCUT2D eigenvalue weighted by Crippen LogP contribution is 2.31. The molecule has 1 heterocycles. The molecule has 1 atom stereocenters. The first-order valence-electron chi connectivity index (χ1n) is 6.87. The Morgan fingerprint density at radius 3 is 2.75 bits per heavy atom. The second kappa shape index (κ2) is 7.22. The number of hydrogen-bond acceptors (Lipinski definition) is 3. The van der Waals surface area contributed by atoms with Crippen LogP contribution >= 0.6 is 11.3 Å². The SMILES string of the molecule is CCNC(C)CC(=O)Nc1ccccc1-c1cccs1. The van der Waals surface area contributed by atoms with E-state index in [-0.39, 0.29) is 11.9 Å². The highest BCUT2D eigenvalue weighted by atomic mass is 32.1. The molecule has 0 fully saturated rings. The van der Waals surface area contributed by atoms with Crippen LogP contribution in [0.3, 0.4) is 0 Å². The second-order valence-corrected chi connectivity index (χ2v) is 5.68. The average Bonchev–Trinajstić information content (AvgIpc) is 2.93. The number of carbonyl (C=O) groups is 1. The van der Waals surface area contributed by atoms with Gasteiger partial charge in [-0.15, -0.1) is 11.3 Å². The second-order valence-electron chi connectivity index (χ2n) is 4.73. The summed E-state index contributed by atoms with van der Waals surface area (Å²) in [6.07, 6.45) is 0.479. The van der Waals surface area contributed by atoms with E-state index in [1.165, 1.54) is 4.88 Å². The molecular weight excluding hydrogens is 268 g/mol. The van der Waals surface area contributed by atoms with Crippen molar-refractivity contribution < 1.29 is 4.79 Å². The number of carbonyl (C=O) groups excluding carboxylic acids is 1. The molecule has 1 aromatic heterocycles. The number of nitrogens with one attached hydrogen (secondary N) is 2. The van der Waals surface area contributed by atoms with Crippen LogP contribution in [0.2, 0.25) is 0 Å². The highest BCUT2D eigenvalue weighted by Gasteiger charge is 2.11. The zero-order valence-corrected chi connectivity index (χ0v) is 12.7. The molecule has 0 saturated heterocycles. The molecule has 1 unspecified atom stereocenters. The van der Waals surface area contributed by atoms with Crippen LogP contribution in [-0.2, 0) is 4.79 Å². The molecule has 2 N–H and O–H groups in total. The third-order valence-corrected chi connectivity index (χ3v) is 3.94. The van der Waals surface area contributed by atoms with Gasteiger partial charge in [0, 0.05) is 28.6 Å². The zero-order valence-electron chi connectivity index (χ0n) is 11.8. The van der Waals surface area contributed by atoms with Gasteiger partial charge in [-0.1, -0.05) is 31.2 Å². The molecule has 0 saturated carbocycles. The number of hydrogen-bond donors (Lipinski definition) is 2. The van der Waals surface area contributed by atoms with Crippen LogP contribution in [-0.4, -0.2) is 18.5 Å². The molecule has 1 aromatic carbocycles. The molecule has 0 aliphatic rings. The Hall–Kier alpha value is -1.65. The standard InChI is InChI=1S/C16H20N2OS/c1-3-17-12(2)11-16(19)18-14-8-5-4-7-13(14)15-9-6-10-20-15/h4-10,12,17H,3,11H2,1-2H3,(H,18,19). The fraction of sp³-hybridized carbons (Fsp3) is 0.312. The van der Waals surface area contributed by atoms with Gasteiger partial charge >= 0.3 is 0 Å². The van der Waals surface area contributed by atoms with Gasteiger partial charge in [-0.25, -0.2) is 0 Å². The predicted molar refractivity (Wildman–Crippen MR) is 86.1 cm³/mol. The Labute approximate surface area is 124 Å². The maximum Gasteiger partial charge on any atom is 0.225 e. The maximum absolute atomic E-state index is 12.1. The minimum absolute atomic E-state index is 0.0439. The molecule has 2 rings (SSSR count). The summed E-state index contributed by atoms with van der Waals surface area (Å²) >= 11 is 1.68. The molecule has 1 amide bonds. The van der Waals surface area contributed by atoms with Crippen molar-refractivity contribution in [3.8, 4) is 10.4 Å². The van der Waals surface area contributed by atoms with Crippen molar-refractivity contribution >= 4 is 22.9 Å². The molecule has 2 aromatic rings. The molecule has 0 aliphatic heterocycles. The van der Waals surface area contributed by atoms with E-state index in [0.717, 1.165) is 17.8 Å². The van der Waals surface area contributed by atoms with Crippen LogP contribution in [0, 0.1) is 0 Å². The van der Waals surface area contributed by atoms with E-state index in [4.69, 9.17) is 0 Å². The lowest BCUT2D eigenvalue weighted by Gasteiger charge is -2.14. The van der Waals surface area contributed by atoms with E-state index in [9.17, 15) is 4.79 Å². The van der Waals surface area contributed by atoms with Crippen molar-refractivity contribution in [2.75, 3.05) is 11.9 Å². The molecule has 20 heavy (non-hydrogen) atoms. The third kappa shape index (κ3) is 3.92. The van der Waals surface area contributed by atoms with Gasteiger partial charge in [0.25, 0.3) is 0 Å². The number of thiophene rings is 1. The van der Waals surface area contributed by atoms with Crippen molar-refractivity contribution in [2.24, 2.45) is 0 Å². The van der Waals surface area contributed by atoms with Crippen LogP contribution in [0.4, 0.5) is 5.69 Å². The largest absolute Gasteiger partial charge is 0.325 e. The maximum atomic E-state index is 12.1. The monoisotopic (exact) mass is 288 g/mol. The molecule has 106 valence electrons. The van der Waals surface area contributed by atoms with Crippen molar-refractivity contribution in [3.63, 3.8) is 0 Å². The van der Waals surface area contributed by atoms with E-state index in [0.29, 0.717) is 6.42 Å². The topological polar surface area (TPSA) is 41.1 Å². The van der Waals surface area contributed by atoms with Gasteiger partial charge in [0.2, 0.25) is 5.91 Å². The smallest absolute Gasteiger partial charge is 0.225 e. The summed E-state index contributed by atoms with van der Waals surface area (Å²) in [6.45, 7) is 4.94. The molecule has 3 nitrogen and oxygen atoms in total. The summed E-state index contributed by atoms with van der Waals surface area (Å²) in [4.78, 5) is 13.2. The average molecular weight is 288 g/mol. The van der Waals surface area contributed by atoms with Crippen molar-refractivity contribution in [1.82, 2.24) is 5.32 Å². The lowest BCUT2D eigenvalue weighted by atomic mass is 10.1. The van der Waals surface area contributed by atoms with Gasteiger partial charge in [-0.3, -0.25) is 4.79 Å². The predicted octanol–water partition coefficient (Wildman–Crippen LogP) is 3.74. The number of anilines is 1. The molecule has 0 spiro atoms. The van der Waals surface area contributed by atoms with Gasteiger partial charge in [-0.2, -0.15) is 0 Å². The summed E-state index contributed by atoms with van der Waals surface area (Å²) in [5, 5.41) is 8.30. The van der Waals surface area contributed by atoms with Gasteiger partial charge in [0.05, 0.1) is 0 Å². The summed E-state index contributed by atoms with van der Waals surface area (Å²) in [5.74, 6) is 0.0439. The number of rotatable bonds is 6. The Morgan fingerprint density at radius 2 is 2.05 bits per heavy atom. The van der Waals surface area contributed by atoms with E-state index >= 15 is 0 Å². The van der Waals surface area contributed by atoms with Gasteiger partial charge in [0.1, 0.15) is 0 Å². The fourth-order valence-corrected chi connectivity index (χ4v) is 2.90. The van der Waals surface area contributed by atoms with Crippen LogP contribution in [0.1, 0.15) is 20.3 Å². The summed E-state index contributed by atoms with van der Waals surface area (Å²) in [6, 6.07) is 12.2. The Kier molecular flexibility index (Phi) is 5.32. The first-order valence-corrected chi connectivity index (χ1v) is 7.74. The Bertz CT molecular complexity index is 551. The van der Waals surface area contributed by atoms with E-state index in [1.807, 2.05) is 49.6 Å². The molecule has 0 aliphatic carbocycles. The molecule has 0 radical (unpaired) electrons. The van der Waals surface area contributed by atoms with E-state index < -0.39 is 0 Å². The zero-order chi connectivity index (χ0) is 14.4. The van der Waals surface area contributed by atoms with Crippen LogP contribution in [0.5, 0.6) is 0 Å². The fourth-order valence-electron chi connectivity index (χ4n) is 2.14. The number of benzene rings is 1. The summed E-state index contributed by atoms with van der Waals surface area (Å²) in [5.41, 5.74) is 1.95. The van der Waals surface area contributed by atoms with Crippen LogP contribution in [0.15, 0.2) is 41.8 Å². The Morgan fingerprint density at radius 1 is 1.25 bits per heavy atom. The quantitative estimate of drug-likeness (QED) is 0.850. The number of para-hydroxylation sites is 1. The highest BCUT2D eigenvalue weighted by molar-refractivity contribution is 7.13. The summed E-state index contributed by atoms with van der Waals surface area (Å²) in [7, 11) is 0. The van der Waals surface area contributed by atoms with Crippen molar-refractivity contribution in [1.29, 1.82) is 0 Å². The van der Waals surface area contributed by atoms with E-state index in [2.05, 4.69) is 16.7 Å². The number of amides is 1. The Balaban J connectivity index is 2.08.